The van der Waals surface area contributed by atoms with Crippen LogP contribution in [0.25, 0.3) is 0 Å². The Kier molecular flexibility index (Phi) is 8.77. The number of amides is 2. The lowest BCUT2D eigenvalue weighted by Crippen LogP contribution is -2.33. The van der Waals surface area contributed by atoms with Crippen molar-refractivity contribution in [1.29, 1.82) is 0 Å². The first-order valence-electron chi connectivity index (χ1n) is 9.18. The van der Waals surface area contributed by atoms with Gasteiger partial charge in [0.2, 0.25) is 5.91 Å². The smallest absolute Gasteiger partial charge is 0.251 e. The highest BCUT2D eigenvalue weighted by Gasteiger charge is 2.09. The van der Waals surface area contributed by atoms with E-state index in [1.54, 1.807) is 24.3 Å². The molecule has 0 bridgehead atoms. The molecule has 1 aromatic carbocycles. The molecule has 0 spiro atoms. The molecule has 1 aliphatic heterocycles. The predicted molar refractivity (Wildman–Crippen MR) is 101 cm³/mol. The van der Waals surface area contributed by atoms with E-state index in [-0.39, 0.29) is 11.8 Å². The normalized spacial score (nSPS) is 14.9. The number of nitrogens with zero attached hydrogens (tertiary/aromatic N) is 1. The highest BCUT2D eigenvalue weighted by Crippen LogP contribution is 2.09. The van der Waals surface area contributed by atoms with Gasteiger partial charge in [-0.05, 0) is 69.6 Å². The Morgan fingerprint density at radius 2 is 1.64 bits per heavy atom. The Balaban J connectivity index is 1.49. The largest absolute Gasteiger partial charge is 0.356 e. The summed E-state index contributed by atoms with van der Waals surface area (Å²) in [6.07, 6.45) is 6.02. The Hall–Kier alpha value is -1.59. The molecule has 1 aromatic rings. The summed E-state index contributed by atoms with van der Waals surface area (Å²) >= 11 is 5.80. The molecule has 0 atom stereocenters. The average Bonchev–Trinajstić information content (AvgIpc) is 2.63. The highest BCUT2D eigenvalue weighted by atomic mass is 35.5. The van der Waals surface area contributed by atoms with Crippen molar-refractivity contribution in [2.24, 2.45) is 0 Å². The van der Waals surface area contributed by atoms with E-state index in [1.807, 2.05) is 0 Å². The van der Waals surface area contributed by atoms with Crippen molar-refractivity contribution in [3.05, 3.63) is 34.9 Å². The Morgan fingerprint density at radius 3 is 2.36 bits per heavy atom. The Labute approximate surface area is 155 Å². The van der Waals surface area contributed by atoms with Crippen molar-refractivity contribution < 1.29 is 9.59 Å². The molecule has 1 aliphatic rings. The van der Waals surface area contributed by atoms with Gasteiger partial charge in [0.15, 0.2) is 0 Å². The van der Waals surface area contributed by atoms with Crippen LogP contribution in [0, 0.1) is 0 Å². The first-order valence-corrected chi connectivity index (χ1v) is 9.56. The van der Waals surface area contributed by atoms with Gasteiger partial charge in [-0.1, -0.05) is 18.0 Å². The van der Waals surface area contributed by atoms with Crippen LogP contribution in [0.3, 0.4) is 0 Å². The molecule has 1 saturated heterocycles. The number of hydrogen-bond donors (Lipinski definition) is 2. The molecule has 138 valence electrons. The van der Waals surface area contributed by atoms with Gasteiger partial charge in [-0.25, -0.2) is 0 Å². The maximum atomic E-state index is 11.9. The van der Waals surface area contributed by atoms with Gasteiger partial charge < -0.3 is 15.5 Å². The quantitative estimate of drug-likeness (QED) is 0.661. The van der Waals surface area contributed by atoms with Crippen LogP contribution in [0.1, 0.15) is 48.9 Å². The fourth-order valence-corrected chi connectivity index (χ4v) is 3.08. The molecular weight excluding hydrogens is 338 g/mol. The van der Waals surface area contributed by atoms with Crippen LogP contribution in [0.15, 0.2) is 24.3 Å². The molecule has 0 saturated carbocycles. The van der Waals surface area contributed by atoms with Crippen LogP contribution in [0.4, 0.5) is 0 Å². The molecule has 1 heterocycles. The van der Waals surface area contributed by atoms with Crippen molar-refractivity contribution >= 4 is 23.4 Å². The number of nitrogens with one attached hydrogen (secondary N) is 2. The minimum atomic E-state index is -0.140. The Morgan fingerprint density at radius 1 is 0.960 bits per heavy atom. The number of rotatable bonds is 9. The number of likely N-dealkylation sites (tertiary alicyclic amines) is 1. The van der Waals surface area contributed by atoms with E-state index in [1.165, 1.54) is 32.4 Å². The molecule has 1 fully saturated rings. The zero-order chi connectivity index (χ0) is 17.9. The first kappa shape index (κ1) is 19.7. The summed E-state index contributed by atoms with van der Waals surface area (Å²) in [5.74, 6) is -0.0852. The lowest BCUT2D eigenvalue weighted by molar-refractivity contribution is -0.121. The van der Waals surface area contributed by atoms with Crippen LogP contribution in [-0.4, -0.2) is 49.4 Å². The zero-order valence-corrected chi connectivity index (χ0v) is 15.5. The topological polar surface area (TPSA) is 61.4 Å². The predicted octanol–water partition coefficient (Wildman–Crippen LogP) is 2.84. The lowest BCUT2D eigenvalue weighted by atomic mass is 10.1. The number of hydrogen-bond acceptors (Lipinski definition) is 3. The van der Waals surface area contributed by atoms with Crippen molar-refractivity contribution in [2.45, 2.75) is 38.5 Å². The van der Waals surface area contributed by atoms with Gasteiger partial charge in [0.05, 0.1) is 0 Å². The third kappa shape index (κ3) is 7.88. The molecule has 0 radical (unpaired) electrons. The second-order valence-electron chi connectivity index (χ2n) is 6.47. The average molecular weight is 366 g/mol. The van der Waals surface area contributed by atoms with Crippen molar-refractivity contribution in [1.82, 2.24) is 15.5 Å². The Bertz CT molecular complexity index is 542. The summed E-state index contributed by atoms with van der Waals surface area (Å²) in [6, 6.07) is 6.75. The minimum absolute atomic E-state index is 0.0550. The number of benzene rings is 1. The van der Waals surface area contributed by atoms with E-state index in [4.69, 9.17) is 11.6 Å². The second kappa shape index (κ2) is 11.1. The molecule has 2 rings (SSSR count). The molecule has 5 nitrogen and oxygen atoms in total. The van der Waals surface area contributed by atoms with Crippen LogP contribution >= 0.6 is 11.6 Å². The summed E-state index contributed by atoms with van der Waals surface area (Å²) in [5.41, 5.74) is 0.576. The van der Waals surface area contributed by atoms with Crippen LogP contribution < -0.4 is 10.6 Å². The van der Waals surface area contributed by atoms with Crippen LogP contribution in [-0.2, 0) is 4.79 Å². The zero-order valence-electron chi connectivity index (χ0n) is 14.7. The molecule has 0 aromatic heterocycles. The van der Waals surface area contributed by atoms with E-state index in [0.29, 0.717) is 30.0 Å². The molecule has 2 N–H and O–H groups in total. The maximum absolute atomic E-state index is 11.9. The minimum Gasteiger partial charge on any atom is -0.356 e. The van der Waals surface area contributed by atoms with E-state index < -0.39 is 0 Å². The second-order valence-corrected chi connectivity index (χ2v) is 6.91. The summed E-state index contributed by atoms with van der Waals surface area (Å²) in [4.78, 5) is 26.2. The fourth-order valence-electron chi connectivity index (χ4n) is 2.96. The number of carbonyl (C=O) groups excluding carboxylic acids is 2. The van der Waals surface area contributed by atoms with Crippen LogP contribution in [0.5, 0.6) is 0 Å². The number of piperidine rings is 1. The fraction of sp³-hybridized carbons (Fsp3) is 0.579. The van der Waals surface area contributed by atoms with E-state index >= 15 is 0 Å². The van der Waals surface area contributed by atoms with Gasteiger partial charge in [-0.15, -0.1) is 0 Å². The third-order valence-corrected chi connectivity index (χ3v) is 4.65. The molecule has 0 aliphatic carbocycles. The van der Waals surface area contributed by atoms with Gasteiger partial charge in [0, 0.05) is 30.1 Å². The lowest BCUT2D eigenvalue weighted by Gasteiger charge is -2.26. The summed E-state index contributed by atoms with van der Waals surface area (Å²) in [6.45, 7) is 4.68. The van der Waals surface area contributed by atoms with E-state index in [2.05, 4.69) is 15.5 Å². The highest BCUT2D eigenvalue weighted by molar-refractivity contribution is 6.30. The summed E-state index contributed by atoms with van der Waals surface area (Å²) in [7, 11) is 0. The van der Waals surface area contributed by atoms with Gasteiger partial charge in [-0.2, -0.15) is 0 Å². The van der Waals surface area contributed by atoms with E-state index in [9.17, 15) is 9.59 Å². The van der Waals surface area contributed by atoms with Crippen molar-refractivity contribution in [3.8, 4) is 0 Å². The molecule has 25 heavy (non-hydrogen) atoms. The van der Waals surface area contributed by atoms with Crippen molar-refractivity contribution in [3.63, 3.8) is 0 Å². The van der Waals surface area contributed by atoms with Gasteiger partial charge in [0.25, 0.3) is 5.91 Å². The van der Waals surface area contributed by atoms with E-state index in [0.717, 1.165) is 19.5 Å². The third-order valence-electron chi connectivity index (χ3n) is 4.39. The SMILES string of the molecule is O=C(CCCNC(=O)c1ccc(Cl)cc1)NCCCN1CCCCC1. The number of halogens is 1. The first-order chi connectivity index (χ1) is 12.1. The monoisotopic (exact) mass is 365 g/mol. The maximum Gasteiger partial charge on any atom is 0.251 e. The van der Waals surface area contributed by atoms with Gasteiger partial charge in [0.1, 0.15) is 0 Å². The van der Waals surface area contributed by atoms with Crippen molar-refractivity contribution in [2.75, 3.05) is 32.7 Å². The number of carbonyl (C=O) groups is 2. The molecule has 2 amide bonds. The van der Waals surface area contributed by atoms with Gasteiger partial charge in [-0.3, -0.25) is 9.59 Å². The standard InChI is InChI=1S/C19H28ClN3O2/c20-17-9-7-16(8-10-17)19(25)22-11-4-6-18(24)21-12-5-15-23-13-2-1-3-14-23/h7-10H,1-6,11-15H2,(H,21,24)(H,22,25). The summed E-state index contributed by atoms with van der Waals surface area (Å²) in [5, 5.41) is 6.38. The molecular formula is C19H28ClN3O2. The summed E-state index contributed by atoms with van der Waals surface area (Å²) < 4.78 is 0. The molecule has 6 heteroatoms. The van der Waals surface area contributed by atoms with Gasteiger partial charge >= 0.3 is 0 Å². The van der Waals surface area contributed by atoms with Crippen LogP contribution in [0.2, 0.25) is 5.02 Å². The molecule has 0 unspecified atom stereocenters.